The molecule has 0 saturated heterocycles. The molecule has 8 nitrogen and oxygen atoms in total. The van der Waals surface area contributed by atoms with Crippen LogP contribution in [0.3, 0.4) is 0 Å². The molecule has 1 aliphatic heterocycles. The lowest BCUT2D eigenvalue weighted by Gasteiger charge is -2.23. The predicted molar refractivity (Wildman–Crippen MR) is 149 cm³/mol. The number of aryl methyl sites for hydroxylation is 1. The second kappa shape index (κ2) is 11.2. The van der Waals surface area contributed by atoms with Gasteiger partial charge in [0, 0.05) is 41.3 Å². The number of amides is 1. The zero-order valence-electron chi connectivity index (χ0n) is 23.2. The van der Waals surface area contributed by atoms with Crippen LogP contribution in [0.25, 0.3) is 5.70 Å². The second-order valence-corrected chi connectivity index (χ2v) is 10.6. The van der Waals surface area contributed by atoms with Crippen molar-refractivity contribution < 1.29 is 22.7 Å². The third kappa shape index (κ3) is 6.72. The van der Waals surface area contributed by atoms with Gasteiger partial charge in [0.05, 0.1) is 30.3 Å². The Balaban J connectivity index is 1.60. The Hall–Kier alpha value is -4.09. The number of anilines is 2. The first-order valence-corrected chi connectivity index (χ1v) is 12.6. The van der Waals surface area contributed by atoms with E-state index in [2.05, 4.69) is 26.6 Å². The van der Waals surface area contributed by atoms with E-state index in [1.807, 2.05) is 40.0 Å². The summed E-state index contributed by atoms with van der Waals surface area (Å²) < 4.78 is 46.8. The van der Waals surface area contributed by atoms with Crippen molar-refractivity contribution >= 4 is 23.0 Å². The van der Waals surface area contributed by atoms with Crippen molar-refractivity contribution in [3.8, 4) is 5.75 Å². The first kappa shape index (κ1) is 28.9. The van der Waals surface area contributed by atoms with E-state index in [0.29, 0.717) is 17.0 Å². The van der Waals surface area contributed by atoms with Gasteiger partial charge >= 0.3 is 6.18 Å². The minimum absolute atomic E-state index is 0.0735. The van der Waals surface area contributed by atoms with Gasteiger partial charge in [0.2, 0.25) is 0 Å². The molecule has 1 amide bonds. The van der Waals surface area contributed by atoms with Crippen molar-refractivity contribution in [2.24, 2.45) is 0 Å². The van der Waals surface area contributed by atoms with Crippen molar-refractivity contribution in [1.29, 1.82) is 0 Å². The lowest BCUT2D eigenvalue weighted by Crippen LogP contribution is -2.36. The van der Waals surface area contributed by atoms with Crippen LogP contribution in [0.2, 0.25) is 0 Å². The van der Waals surface area contributed by atoms with E-state index in [-0.39, 0.29) is 28.9 Å². The summed E-state index contributed by atoms with van der Waals surface area (Å²) in [4.78, 5) is 17.4. The van der Waals surface area contributed by atoms with E-state index in [1.165, 1.54) is 6.92 Å². The molecule has 1 aliphatic rings. The zero-order chi connectivity index (χ0) is 29.2. The summed E-state index contributed by atoms with van der Waals surface area (Å²) in [5.74, 6) is 0.0805. The molecule has 0 bridgehead atoms. The molecular weight excluding hydrogens is 521 g/mol. The van der Waals surface area contributed by atoms with Crippen LogP contribution in [-0.4, -0.2) is 23.5 Å². The number of carbonyl (C=O) groups is 1. The zero-order valence-corrected chi connectivity index (χ0v) is 23.2. The average molecular weight is 555 g/mol. The smallest absolute Gasteiger partial charge is 0.416 e. The van der Waals surface area contributed by atoms with Gasteiger partial charge in [-0.1, -0.05) is 6.07 Å². The van der Waals surface area contributed by atoms with Crippen molar-refractivity contribution in [2.45, 2.75) is 52.9 Å². The molecule has 0 saturated carbocycles. The average Bonchev–Trinajstić information content (AvgIpc) is 3.38. The van der Waals surface area contributed by atoms with E-state index < -0.39 is 17.6 Å². The second-order valence-electron chi connectivity index (χ2n) is 10.6. The standard InChI is InChI=1S/C29H33F3N6O2/c1-17-7-8-19(11-26(17)38-16-25(36-37-38)21-10-23(40-6)15-33-13-21)27(39)35-22-9-20(14-34-28(3,4)5)18(2)24(12-22)29(30,31)32/h7-13,15-16,34,36-37H,14H2,1-6H3,(H,35,39). The Morgan fingerprint density at radius 2 is 1.82 bits per heavy atom. The highest BCUT2D eigenvalue weighted by Crippen LogP contribution is 2.36. The van der Waals surface area contributed by atoms with E-state index in [4.69, 9.17) is 4.74 Å². The van der Waals surface area contributed by atoms with Gasteiger partial charge in [-0.05, 0) is 81.6 Å². The van der Waals surface area contributed by atoms with Crippen LogP contribution in [0, 0.1) is 13.8 Å². The molecule has 0 unspecified atom stereocenters. The molecule has 4 N–H and O–H groups in total. The van der Waals surface area contributed by atoms with Crippen LogP contribution < -0.4 is 31.3 Å². The molecule has 212 valence electrons. The molecule has 1 aromatic heterocycles. The maximum atomic E-state index is 13.8. The van der Waals surface area contributed by atoms with Gasteiger partial charge in [-0.3, -0.25) is 14.8 Å². The fourth-order valence-electron chi connectivity index (χ4n) is 4.17. The van der Waals surface area contributed by atoms with Crippen molar-refractivity contribution in [3.63, 3.8) is 0 Å². The molecule has 2 heterocycles. The highest BCUT2D eigenvalue weighted by Gasteiger charge is 2.34. The summed E-state index contributed by atoms with van der Waals surface area (Å²) >= 11 is 0. The van der Waals surface area contributed by atoms with Crippen LogP contribution in [0.4, 0.5) is 24.5 Å². The van der Waals surface area contributed by atoms with E-state index in [0.717, 1.165) is 22.9 Å². The number of aromatic nitrogens is 1. The van der Waals surface area contributed by atoms with Gasteiger partial charge in [0.1, 0.15) is 5.75 Å². The Bertz CT molecular complexity index is 1450. The number of nitrogens with zero attached hydrogens (tertiary/aromatic N) is 2. The largest absolute Gasteiger partial charge is 0.495 e. The first-order valence-electron chi connectivity index (χ1n) is 12.6. The minimum Gasteiger partial charge on any atom is -0.495 e. The Labute approximate surface area is 231 Å². The number of carbonyl (C=O) groups excluding carboxylic acids is 1. The molecule has 0 spiro atoms. The SMILES string of the molecule is COc1cncc(C2=CN(c3cc(C(=O)Nc4cc(CNC(C)(C)C)c(C)c(C(F)(F)F)c4)ccc3C)NN2)c1. The first-order chi connectivity index (χ1) is 18.7. The Morgan fingerprint density at radius 3 is 2.50 bits per heavy atom. The normalized spacial score (nSPS) is 13.6. The fourth-order valence-corrected chi connectivity index (χ4v) is 4.17. The summed E-state index contributed by atoms with van der Waals surface area (Å²) in [7, 11) is 1.56. The summed E-state index contributed by atoms with van der Waals surface area (Å²) in [6.45, 7) is 9.36. The van der Waals surface area contributed by atoms with Crippen molar-refractivity contribution in [2.75, 3.05) is 17.4 Å². The van der Waals surface area contributed by atoms with E-state index in [1.54, 1.807) is 48.8 Å². The molecule has 4 rings (SSSR count). The minimum atomic E-state index is -4.56. The summed E-state index contributed by atoms with van der Waals surface area (Å²) in [6, 6.07) is 9.47. The molecule has 0 aliphatic carbocycles. The Morgan fingerprint density at radius 1 is 1.07 bits per heavy atom. The van der Waals surface area contributed by atoms with Crippen LogP contribution in [0.1, 0.15) is 58.9 Å². The molecule has 0 fully saturated rings. The molecule has 3 aromatic rings. The number of pyridine rings is 1. The maximum absolute atomic E-state index is 13.8. The number of methoxy groups -OCH3 is 1. The maximum Gasteiger partial charge on any atom is 0.416 e. The van der Waals surface area contributed by atoms with Crippen LogP contribution in [0.15, 0.2) is 55.0 Å². The lowest BCUT2D eigenvalue weighted by molar-refractivity contribution is -0.138. The summed E-state index contributed by atoms with van der Waals surface area (Å²) in [5, 5.41) is 7.60. The van der Waals surface area contributed by atoms with Gasteiger partial charge in [-0.15, -0.1) is 5.53 Å². The van der Waals surface area contributed by atoms with Crippen LogP contribution >= 0.6 is 0 Å². The number of halogens is 3. The molecule has 11 heteroatoms. The number of ether oxygens (including phenoxy) is 1. The summed E-state index contributed by atoms with van der Waals surface area (Å²) in [5.41, 5.74) is 9.06. The van der Waals surface area contributed by atoms with E-state index in [9.17, 15) is 18.0 Å². The number of hydrogen-bond acceptors (Lipinski definition) is 7. The van der Waals surface area contributed by atoms with Gasteiger partial charge in [-0.2, -0.15) is 13.2 Å². The van der Waals surface area contributed by atoms with Crippen LogP contribution in [-0.2, 0) is 12.7 Å². The summed E-state index contributed by atoms with van der Waals surface area (Å²) in [6.07, 6.45) is 0.539. The third-order valence-electron chi connectivity index (χ3n) is 6.45. The quantitative estimate of drug-likeness (QED) is 0.298. The third-order valence-corrected chi connectivity index (χ3v) is 6.45. The van der Waals surface area contributed by atoms with Crippen molar-refractivity contribution in [1.82, 2.24) is 21.3 Å². The van der Waals surface area contributed by atoms with Crippen molar-refractivity contribution in [3.05, 3.63) is 88.4 Å². The van der Waals surface area contributed by atoms with Gasteiger partial charge in [0.25, 0.3) is 5.91 Å². The topological polar surface area (TPSA) is 90.5 Å². The molecular formula is C29H33F3N6O2. The number of hydrogen-bond donors (Lipinski definition) is 4. The highest BCUT2D eigenvalue weighted by molar-refractivity contribution is 6.05. The molecule has 0 atom stereocenters. The highest BCUT2D eigenvalue weighted by atomic mass is 19.4. The fraction of sp³-hybridized carbons (Fsp3) is 0.310. The molecule has 2 aromatic carbocycles. The number of benzene rings is 2. The Kier molecular flexibility index (Phi) is 8.08. The number of rotatable bonds is 7. The molecule has 40 heavy (non-hydrogen) atoms. The van der Waals surface area contributed by atoms with Gasteiger partial charge in [-0.25, -0.2) is 0 Å². The van der Waals surface area contributed by atoms with E-state index >= 15 is 0 Å². The lowest BCUT2D eigenvalue weighted by atomic mass is 9.99. The monoisotopic (exact) mass is 554 g/mol. The van der Waals surface area contributed by atoms with Gasteiger partial charge in [0.15, 0.2) is 0 Å². The number of hydrazine groups is 2. The number of alkyl halides is 3. The predicted octanol–water partition coefficient (Wildman–Crippen LogP) is 5.69. The molecule has 0 radical (unpaired) electrons. The number of nitrogens with one attached hydrogen (secondary N) is 4. The van der Waals surface area contributed by atoms with Gasteiger partial charge < -0.3 is 20.8 Å². The van der Waals surface area contributed by atoms with Crippen LogP contribution in [0.5, 0.6) is 5.75 Å².